The number of phenolic OH excluding ortho intramolecular Hbond substituents is 3. The van der Waals surface area contributed by atoms with Crippen molar-refractivity contribution in [1.82, 2.24) is 5.32 Å². The summed E-state index contributed by atoms with van der Waals surface area (Å²) in [6.45, 7) is 44.1. The molecule has 27 heteroatoms. The lowest BCUT2D eigenvalue weighted by Gasteiger charge is -2.21. The summed E-state index contributed by atoms with van der Waals surface area (Å²) in [6, 6.07) is 23.7. The van der Waals surface area contributed by atoms with Gasteiger partial charge in [-0.2, -0.15) is 15.8 Å². The molecule has 0 aliphatic rings. The van der Waals surface area contributed by atoms with Gasteiger partial charge in [-0.3, -0.25) is 28.8 Å². The molecular formula is C100H205N5O22. The van der Waals surface area contributed by atoms with Crippen molar-refractivity contribution in [2.24, 2.45) is 51.8 Å². The van der Waals surface area contributed by atoms with Crippen LogP contribution in [0.4, 0.5) is 10.5 Å². The van der Waals surface area contributed by atoms with Crippen LogP contribution in [0.5, 0.6) is 17.2 Å². The second-order valence-electron chi connectivity index (χ2n) is 26.6. The van der Waals surface area contributed by atoms with Crippen LogP contribution < -0.4 is 10.6 Å². The number of aromatic hydroxyl groups is 3. The molecule has 3 aromatic carbocycles. The molecule has 7 atom stereocenters. The maximum absolute atomic E-state index is 11.7. The summed E-state index contributed by atoms with van der Waals surface area (Å²) < 4.78 is 39.2. The zero-order chi connectivity index (χ0) is 85.3. The van der Waals surface area contributed by atoms with Gasteiger partial charge in [0.2, 0.25) is 0 Å². The highest BCUT2D eigenvalue weighted by Crippen LogP contribution is 2.24. The number of aliphatic hydroxyl groups excluding tert-OH is 2. The number of benzene rings is 3. The van der Waals surface area contributed by atoms with Crippen LogP contribution in [0.3, 0.4) is 0 Å². The molecule has 0 saturated carbocycles. The van der Waals surface area contributed by atoms with Gasteiger partial charge in [-0.25, -0.2) is 14.4 Å². The Morgan fingerprint density at radius 2 is 0.654 bits per heavy atom. The summed E-state index contributed by atoms with van der Waals surface area (Å²) in [5.41, 5.74) is -0.741. The predicted octanol–water partition coefficient (Wildman–Crippen LogP) is 26.8. The Bertz CT molecular complexity index is 3070. The normalized spacial score (nSPS) is 10.3. The summed E-state index contributed by atoms with van der Waals surface area (Å²) in [4.78, 5) is 102. The molecule has 0 aromatic heterocycles. The molecule has 0 radical (unpaired) electrons. The Morgan fingerprint density at radius 3 is 0.929 bits per heavy atom. The van der Waals surface area contributed by atoms with E-state index in [-0.39, 0.29) is 280 Å². The fraction of sp³-hybridized carbons (Fsp3) is 0.700. The first-order valence-corrected chi connectivity index (χ1v) is 37.3. The second-order valence-corrected chi connectivity index (χ2v) is 26.6. The van der Waals surface area contributed by atoms with E-state index in [1.54, 1.807) is 52.8 Å². The highest BCUT2D eigenvalue weighted by molar-refractivity contribution is 5.91. The first-order chi connectivity index (χ1) is 51.1. The molecule has 3 rings (SSSR count). The van der Waals surface area contributed by atoms with E-state index in [0.29, 0.717) is 38.2 Å². The SMILES string of the molecule is C.C.C.C.C.C.C.C.C.C.C.C.C.C.C.C.C.C.CCC(C)(C)C(=O)OCC(O)COC(=O)c1cccc(O)c1.CCC(C)(C)C(=O)OCCNC(=O)Nc1cccc(O)c1.CCC(C)(C)C(=O)OCCOC(=O)c1cccc(O)c1.CCC(C)C#N.CCC(C)C#N.CCC(C)C#N.CCC(C)C(=O)OCCO.CCOC(=O)C(C)CC.CCOC(=O)C(C)CC. The third kappa shape index (κ3) is 100. The molecule has 762 valence electrons. The number of nitrogens with zero attached hydrogens (tertiary/aromatic N) is 3. The van der Waals surface area contributed by atoms with Crippen molar-refractivity contribution in [1.29, 1.82) is 15.8 Å². The Labute approximate surface area is 782 Å². The first kappa shape index (κ1) is 182. The van der Waals surface area contributed by atoms with Crippen molar-refractivity contribution in [2.45, 2.75) is 357 Å². The average molecular weight is 1830 g/mol. The van der Waals surface area contributed by atoms with Gasteiger partial charge < -0.3 is 74.1 Å². The number of phenols is 3. The molecule has 0 saturated heterocycles. The molecule has 0 fully saturated rings. The lowest BCUT2D eigenvalue weighted by atomic mass is 9.91. The minimum absolute atomic E-state index is 0. The van der Waals surface area contributed by atoms with Gasteiger partial charge in [0.15, 0.2) is 0 Å². The molecule has 0 aliphatic heterocycles. The molecule has 0 aliphatic carbocycles. The van der Waals surface area contributed by atoms with Crippen LogP contribution in [-0.2, 0) is 66.7 Å². The van der Waals surface area contributed by atoms with Gasteiger partial charge in [-0.1, -0.05) is 235 Å². The fourth-order valence-corrected chi connectivity index (χ4v) is 5.81. The summed E-state index contributed by atoms with van der Waals surface area (Å²) in [5, 5.41) is 75.1. The van der Waals surface area contributed by atoms with Crippen LogP contribution in [0, 0.1) is 85.7 Å². The zero-order valence-electron chi connectivity index (χ0n) is 69.4. The lowest BCUT2D eigenvalue weighted by molar-refractivity contribution is -0.158. The lowest BCUT2D eigenvalue weighted by Crippen LogP contribution is -2.34. The maximum Gasteiger partial charge on any atom is 0.338 e. The minimum atomic E-state index is -1.10. The first-order valence-electron chi connectivity index (χ1n) is 37.3. The van der Waals surface area contributed by atoms with Gasteiger partial charge in [0.1, 0.15) is 63.0 Å². The van der Waals surface area contributed by atoms with Crippen molar-refractivity contribution in [3.05, 3.63) is 83.9 Å². The number of carbonyl (C=O) groups excluding carboxylic acids is 9. The highest BCUT2D eigenvalue weighted by atomic mass is 16.6. The van der Waals surface area contributed by atoms with Gasteiger partial charge in [-0.15, -0.1) is 0 Å². The van der Waals surface area contributed by atoms with Gasteiger partial charge in [0, 0.05) is 29.5 Å². The monoisotopic (exact) mass is 1830 g/mol. The largest absolute Gasteiger partial charge is 0.508 e. The van der Waals surface area contributed by atoms with Crippen LogP contribution in [0.25, 0.3) is 0 Å². The minimum Gasteiger partial charge on any atom is -0.508 e. The predicted molar refractivity (Wildman–Crippen MR) is 539 cm³/mol. The summed E-state index contributed by atoms with van der Waals surface area (Å²) >= 11 is 0. The molecule has 7 unspecified atom stereocenters. The van der Waals surface area contributed by atoms with Crippen molar-refractivity contribution >= 4 is 59.5 Å². The van der Waals surface area contributed by atoms with E-state index < -0.39 is 46.3 Å². The van der Waals surface area contributed by atoms with Crippen LogP contribution in [-0.4, -0.2) is 151 Å². The van der Waals surface area contributed by atoms with Crippen LogP contribution in [0.15, 0.2) is 72.8 Å². The summed E-state index contributed by atoms with van der Waals surface area (Å²) in [5.74, 6) is -1.81. The number of nitrogens with one attached hydrogen (secondary N) is 2. The van der Waals surface area contributed by atoms with Crippen LogP contribution in [0.1, 0.15) is 371 Å². The van der Waals surface area contributed by atoms with Gasteiger partial charge >= 0.3 is 53.8 Å². The van der Waals surface area contributed by atoms with Gasteiger partial charge in [0.05, 0.1) is 89.7 Å². The van der Waals surface area contributed by atoms with E-state index in [0.717, 1.165) is 38.5 Å². The fourth-order valence-electron chi connectivity index (χ4n) is 5.81. The molecule has 7 N–H and O–H groups in total. The second kappa shape index (κ2) is 111. The number of hydrogen-bond donors (Lipinski definition) is 7. The van der Waals surface area contributed by atoms with Crippen molar-refractivity contribution in [2.75, 3.05) is 71.3 Å². The number of urea groups is 1. The topological polar surface area (TPSA) is 424 Å². The number of esters is 8. The van der Waals surface area contributed by atoms with E-state index >= 15 is 0 Å². The number of rotatable bonds is 32. The smallest absolute Gasteiger partial charge is 0.338 e. The van der Waals surface area contributed by atoms with Crippen molar-refractivity contribution < 1.29 is 107 Å². The number of hydrogen-bond acceptors (Lipinski definition) is 25. The average Bonchev–Trinajstić information content (AvgIpc) is 0.896. The van der Waals surface area contributed by atoms with Crippen LogP contribution in [0.2, 0.25) is 0 Å². The Balaban J connectivity index is -0.0000000436. The van der Waals surface area contributed by atoms with Gasteiger partial charge in [-0.05, 0) is 182 Å². The third-order valence-corrected chi connectivity index (χ3v) is 16.0. The Kier molecular flexibility index (Phi) is 159. The van der Waals surface area contributed by atoms with E-state index in [1.165, 1.54) is 54.6 Å². The number of ether oxygens (including phenoxy) is 8. The molecular weight excluding hydrogens is 1620 g/mol. The number of aliphatic hydroxyl groups is 2. The molecule has 0 spiro atoms. The Hall–Kier alpha value is -9.52. The molecule has 27 nitrogen and oxygen atoms in total. The van der Waals surface area contributed by atoms with Crippen molar-refractivity contribution in [3.8, 4) is 35.5 Å². The quantitative estimate of drug-likeness (QED) is 0.0173. The number of amides is 2. The zero-order valence-corrected chi connectivity index (χ0v) is 69.4. The summed E-state index contributed by atoms with van der Waals surface area (Å²) in [7, 11) is 0. The van der Waals surface area contributed by atoms with Crippen LogP contribution >= 0.6 is 0 Å². The molecule has 0 bridgehead atoms. The molecule has 0 heterocycles. The number of carbonyl (C=O) groups is 9. The standard InChI is InChI=1S/C16H22O6.C15H22N2O4.C15H20O5.C7H14O3.2C7H14O2.3C5H9N.18CH4/c1-4-16(2,3)15(20)22-10-13(18)9-21-14(19)11-6-5-7-12(17)8-11;1-4-15(2,3)13(19)21-9-8-16-14(20)17-11-6-5-7-12(18)10-11;1-4-15(2,3)14(18)20-9-8-19-13(17)11-6-5-7-12(16)10-11;1-3-6(2)7(9)10-5-4-8;2*1-4-6(3)7(8)9-5-2;3*1-3-5(2)4-6;;;;;;;;;;;;;;;;;;/h5-8,13,17-18H,4,9-10H2,1-3H3;5-7,10,18H,4,8-9H2,1-3H3,(H2,16,17,20);5-7,10,16H,4,8-9H2,1-3H3;6,8H,3-5H2,1-2H3;2*6H,4-5H2,1-3H3;3*5H,3H2,1-2H3;18*1H4. The van der Waals surface area contributed by atoms with E-state index in [1.807, 2.05) is 125 Å². The number of nitriles is 3. The van der Waals surface area contributed by atoms with E-state index in [4.69, 9.17) is 54.1 Å². The van der Waals surface area contributed by atoms with E-state index in [9.17, 15) is 63.6 Å². The van der Waals surface area contributed by atoms with Gasteiger partial charge in [0.25, 0.3) is 0 Å². The molecule has 127 heavy (non-hydrogen) atoms. The van der Waals surface area contributed by atoms with E-state index in [2.05, 4.69) is 33.6 Å². The summed E-state index contributed by atoms with van der Waals surface area (Å²) in [6.07, 6.45) is 6.30. The third-order valence-electron chi connectivity index (χ3n) is 16.0. The number of anilines is 1. The molecule has 2 amide bonds. The highest BCUT2D eigenvalue weighted by Gasteiger charge is 2.29. The maximum atomic E-state index is 11.7. The Morgan fingerprint density at radius 1 is 0.370 bits per heavy atom. The van der Waals surface area contributed by atoms with Crippen molar-refractivity contribution in [3.63, 3.8) is 0 Å². The molecule has 3 aromatic rings.